The van der Waals surface area contributed by atoms with Crippen molar-refractivity contribution < 1.29 is 14.2 Å². The normalized spacial score (nSPS) is 11.9. The number of aliphatic imine (C=N–C) groups is 1. The molecule has 0 saturated heterocycles. The van der Waals surface area contributed by atoms with Gasteiger partial charge in [-0.05, 0) is 54.1 Å². The SMILES string of the molecule is Cl.N=C(N)NC(=Nc1ccc(Oc2ccccc2)cc1)NCc1ccc2c(c1)OCO2. The number of nitrogens with two attached hydrogens (primary N) is 1. The van der Waals surface area contributed by atoms with Gasteiger partial charge in [-0.15, -0.1) is 12.4 Å². The summed E-state index contributed by atoms with van der Waals surface area (Å²) in [4.78, 5) is 4.50. The van der Waals surface area contributed by atoms with E-state index < -0.39 is 0 Å². The summed E-state index contributed by atoms with van der Waals surface area (Å²) in [7, 11) is 0. The van der Waals surface area contributed by atoms with Crippen molar-refractivity contribution in [3.05, 3.63) is 78.4 Å². The minimum Gasteiger partial charge on any atom is -0.457 e. The maximum atomic E-state index is 7.52. The zero-order chi connectivity index (χ0) is 20.8. The molecule has 0 unspecified atom stereocenters. The highest BCUT2D eigenvalue weighted by atomic mass is 35.5. The van der Waals surface area contributed by atoms with Gasteiger partial charge in [-0.25, -0.2) is 4.99 Å². The Balaban J connectivity index is 0.00000272. The molecule has 0 amide bonds. The van der Waals surface area contributed by atoms with Crippen LogP contribution in [0.4, 0.5) is 5.69 Å². The summed E-state index contributed by atoms with van der Waals surface area (Å²) < 4.78 is 16.5. The summed E-state index contributed by atoms with van der Waals surface area (Å²) in [6, 6.07) is 22.5. The molecule has 8 nitrogen and oxygen atoms in total. The van der Waals surface area contributed by atoms with Crippen LogP contribution in [-0.2, 0) is 6.54 Å². The number of nitrogens with zero attached hydrogens (tertiary/aromatic N) is 1. The van der Waals surface area contributed by atoms with Gasteiger partial charge < -0.3 is 25.3 Å². The van der Waals surface area contributed by atoms with Crippen LogP contribution in [0.2, 0.25) is 0 Å². The van der Waals surface area contributed by atoms with Gasteiger partial charge in [-0.1, -0.05) is 24.3 Å². The maximum absolute atomic E-state index is 7.52. The Morgan fingerprint density at radius 3 is 2.42 bits per heavy atom. The summed E-state index contributed by atoms with van der Waals surface area (Å²) >= 11 is 0. The van der Waals surface area contributed by atoms with E-state index in [2.05, 4.69) is 15.6 Å². The van der Waals surface area contributed by atoms with E-state index in [-0.39, 0.29) is 25.2 Å². The van der Waals surface area contributed by atoms with Crippen LogP contribution in [0.5, 0.6) is 23.0 Å². The zero-order valence-electron chi connectivity index (χ0n) is 16.5. The lowest BCUT2D eigenvalue weighted by Gasteiger charge is -2.12. The molecule has 1 aliphatic heterocycles. The minimum absolute atomic E-state index is 0. The summed E-state index contributed by atoms with van der Waals surface area (Å²) in [6.07, 6.45) is 0. The monoisotopic (exact) mass is 439 g/mol. The highest BCUT2D eigenvalue weighted by Crippen LogP contribution is 2.32. The highest BCUT2D eigenvalue weighted by Gasteiger charge is 2.13. The molecule has 31 heavy (non-hydrogen) atoms. The Bertz CT molecular complexity index is 1060. The van der Waals surface area contributed by atoms with Crippen LogP contribution in [0.3, 0.4) is 0 Å². The molecule has 9 heteroatoms. The lowest BCUT2D eigenvalue weighted by molar-refractivity contribution is 0.174. The van der Waals surface area contributed by atoms with Gasteiger partial charge in [0.2, 0.25) is 12.8 Å². The van der Waals surface area contributed by atoms with E-state index in [0.717, 1.165) is 17.1 Å². The van der Waals surface area contributed by atoms with Gasteiger partial charge in [-0.3, -0.25) is 10.7 Å². The first-order valence-electron chi connectivity index (χ1n) is 9.31. The molecule has 1 aliphatic rings. The molecular weight excluding hydrogens is 418 g/mol. The van der Waals surface area contributed by atoms with Gasteiger partial charge in [0.05, 0.1) is 5.69 Å². The van der Waals surface area contributed by atoms with Crippen LogP contribution in [-0.4, -0.2) is 18.7 Å². The first kappa shape index (κ1) is 21.8. The van der Waals surface area contributed by atoms with Crippen LogP contribution >= 0.6 is 12.4 Å². The average molecular weight is 440 g/mol. The molecule has 1 heterocycles. The van der Waals surface area contributed by atoms with E-state index in [1.54, 1.807) is 0 Å². The van der Waals surface area contributed by atoms with E-state index in [9.17, 15) is 0 Å². The molecule has 0 bridgehead atoms. The number of fused-ring (bicyclic) bond motifs is 1. The summed E-state index contributed by atoms with van der Waals surface area (Å²) in [6.45, 7) is 0.694. The van der Waals surface area contributed by atoms with Gasteiger partial charge in [0.15, 0.2) is 17.5 Å². The van der Waals surface area contributed by atoms with Crippen molar-refractivity contribution in [1.29, 1.82) is 5.41 Å². The van der Waals surface area contributed by atoms with Gasteiger partial charge in [0.25, 0.3) is 0 Å². The number of nitrogens with one attached hydrogen (secondary N) is 3. The van der Waals surface area contributed by atoms with Crippen LogP contribution in [0.25, 0.3) is 0 Å². The molecule has 3 aromatic rings. The third-order valence-corrected chi connectivity index (χ3v) is 4.21. The van der Waals surface area contributed by atoms with Crippen LogP contribution in [0.1, 0.15) is 5.56 Å². The van der Waals surface area contributed by atoms with Crippen molar-refractivity contribution in [2.24, 2.45) is 10.7 Å². The van der Waals surface area contributed by atoms with Gasteiger partial charge >= 0.3 is 0 Å². The number of benzene rings is 3. The third kappa shape index (κ3) is 6.03. The first-order chi connectivity index (χ1) is 14.7. The molecule has 0 fully saturated rings. The molecule has 160 valence electrons. The summed E-state index contributed by atoms with van der Waals surface area (Å²) in [5.41, 5.74) is 7.15. The Morgan fingerprint density at radius 1 is 0.968 bits per heavy atom. The van der Waals surface area contributed by atoms with E-state index in [1.165, 1.54) is 0 Å². The van der Waals surface area contributed by atoms with Gasteiger partial charge in [0.1, 0.15) is 11.5 Å². The van der Waals surface area contributed by atoms with Crippen molar-refractivity contribution in [1.82, 2.24) is 10.6 Å². The average Bonchev–Trinajstić information content (AvgIpc) is 3.22. The van der Waals surface area contributed by atoms with E-state index >= 15 is 0 Å². The lowest BCUT2D eigenvalue weighted by atomic mass is 10.2. The van der Waals surface area contributed by atoms with Crippen molar-refractivity contribution >= 4 is 30.0 Å². The number of rotatable bonds is 5. The second-order valence-electron chi connectivity index (χ2n) is 6.45. The third-order valence-electron chi connectivity index (χ3n) is 4.21. The zero-order valence-corrected chi connectivity index (χ0v) is 17.3. The van der Waals surface area contributed by atoms with E-state index in [0.29, 0.717) is 29.7 Å². The Kier molecular flexibility index (Phi) is 7.18. The Labute approximate surface area is 186 Å². The molecule has 0 aromatic heterocycles. The molecule has 0 atom stereocenters. The highest BCUT2D eigenvalue weighted by molar-refractivity contribution is 5.97. The van der Waals surface area contributed by atoms with Crippen molar-refractivity contribution in [3.8, 4) is 23.0 Å². The smallest absolute Gasteiger partial charge is 0.231 e. The van der Waals surface area contributed by atoms with Crippen LogP contribution in [0, 0.1) is 5.41 Å². The van der Waals surface area contributed by atoms with Gasteiger partial charge in [0, 0.05) is 6.54 Å². The quantitative estimate of drug-likeness (QED) is 0.354. The predicted molar refractivity (Wildman–Crippen MR) is 122 cm³/mol. The van der Waals surface area contributed by atoms with Crippen LogP contribution in [0.15, 0.2) is 77.8 Å². The Morgan fingerprint density at radius 2 is 1.68 bits per heavy atom. The number of hydrogen-bond donors (Lipinski definition) is 4. The molecule has 0 saturated carbocycles. The summed E-state index contributed by atoms with van der Waals surface area (Å²) in [5, 5.41) is 13.4. The summed E-state index contributed by atoms with van der Waals surface area (Å²) in [5.74, 6) is 3.05. The largest absolute Gasteiger partial charge is 0.457 e. The first-order valence-corrected chi connectivity index (χ1v) is 9.31. The minimum atomic E-state index is -0.212. The number of halogens is 1. The molecule has 5 N–H and O–H groups in total. The molecule has 0 aliphatic carbocycles. The fourth-order valence-electron chi connectivity index (χ4n) is 2.82. The standard InChI is InChI=1S/C22H21N5O3.ClH/c23-21(24)27-22(25-13-15-6-11-19-20(12-15)29-14-28-19)26-16-7-9-18(10-8-16)30-17-4-2-1-3-5-17;/h1-12H,13-14H2,(H5,23,24,25,26,27);1H. The second-order valence-corrected chi connectivity index (χ2v) is 6.45. The van der Waals surface area contributed by atoms with E-state index in [1.807, 2.05) is 72.8 Å². The van der Waals surface area contributed by atoms with E-state index in [4.69, 9.17) is 25.4 Å². The number of ether oxygens (including phenoxy) is 3. The number of para-hydroxylation sites is 1. The fourth-order valence-corrected chi connectivity index (χ4v) is 2.82. The Hall–Kier alpha value is -3.91. The van der Waals surface area contributed by atoms with Crippen LogP contribution < -0.4 is 30.6 Å². The topological polar surface area (TPSA) is 114 Å². The fraction of sp³-hybridized carbons (Fsp3) is 0.0909. The van der Waals surface area contributed by atoms with Crippen molar-refractivity contribution in [2.75, 3.05) is 6.79 Å². The molecule has 3 aromatic carbocycles. The second kappa shape index (κ2) is 10.2. The van der Waals surface area contributed by atoms with Gasteiger partial charge in [-0.2, -0.15) is 0 Å². The molecule has 0 spiro atoms. The molecular formula is C22H22ClN5O3. The lowest BCUT2D eigenvalue weighted by Crippen LogP contribution is -2.43. The molecule has 4 rings (SSSR count). The molecule has 0 radical (unpaired) electrons. The predicted octanol–water partition coefficient (Wildman–Crippen LogP) is 3.89. The number of hydrogen-bond acceptors (Lipinski definition) is 5. The maximum Gasteiger partial charge on any atom is 0.231 e. The number of guanidine groups is 2. The van der Waals surface area contributed by atoms with Crippen molar-refractivity contribution in [3.63, 3.8) is 0 Å². The van der Waals surface area contributed by atoms with Crippen molar-refractivity contribution in [2.45, 2.75) is 6.54 Å².